The molecule has 1 fully saturated rings. The van der Waals surface area contributed by atoms with E-state index in [9.17, 15) is 4.79 Å². The smallest absolute Gasteiger partial charge is 0.270 e. The normalized spacial score (nSPS) is 14.7. The van der Waals surface area contributed by atoms with Crippen LogP contribution in [-0.4, -0.2) is 58.6 Å². The summed E-state index contributed by atoms with van der Waals surface area (Å²) in [5.41, 5.74) is 1.66. The number of anilines is 1. The van der Waals surface area contributed by atoms with Crippen LogP contribution in [0, 0.1) is 0 Å². The molecule has 0 aliphatic carbocycles. The van der Waals surface area contributed by atoms with Crippen LogP contribution in [0.4, 0.5) is 5.95 Å². The van der Waals surface area contributed by atoms with Gasteiger partial charge in [0.05, 0.1) is 12.6 Å². The number of benzene rings is 1. The van der Waals surface area contributed by atoms with Gasteiger partial charge in [0.15, 0.2) is 0 Å². The van der Waals surface area contributed by atoms with Crippen molar-refractivity contribution in [2.45, 2.75) is 0 Å². The lowest BCUT2D eigenvalue weighted by Gasteiger charge is -2.34. The molecule has 0 spiro atoms. The van der Waals surface area contributed by atoms with Crippen LogP contribution in [-0.2, 0) is 7.05 Å². The van der Waals surface area contributed by atoms with Gasteiger partial charge in [-0.05, 0) is 24.3 Å². The van der Waals surface area contributed by atoms with E-state index in [0.717, 1.165) is 29.7 Å². The highest BCUT2D eigenvalue weighted by atomic mass is 16.5. The largest absolute Gasteiger partial charge is 0.496 e. The van der Waals surface area contributed by atoms with Crippen molar-refractivity contribution in [1.29, 1.82) is 0 Å². The van der Waals surface area contributed by atoms with E-state index >= 15 is 0 Å². The van der Waals surface area contributed by atoms with Crippen LogP contribution >= 0.6 is 0 Å². The van der Waals surface area contributed by atoms with Crippen LogP contribution in [0.5, 0.6) is 5.75 Å². The summed E-state index contributed by atoms with van der Waals surface area (Å²) in [6.45, 7) is 2.75. The number of aryl methyl sites for hydroxylation is 1. The summed E-state index contributed by atoms with van der Waals surface area (Å²) in [5.74, 6) is 1.54. The van der Waals surface area contributed by atoms with Gasteiger partial charge in [0.1, 0.15) is 11.4 Å². The molecule has 7 nitrogen and oxygen atoms in total. The molecule has 0 N–H and O–H groups in total. The van der Waals surface area contributed by atoms with Crippen molar-refractivity contribution in [3.8, 4) is 5.75 Å². The molecule has 1 aromatic carbocycles. The molecule has 7 heteroatoms. The fourth-order valence-electron chi connectivity index (χ4n) is 3.44. The number of carbonyl (C=O) groups excluding carboxylic acids is 1. The third-order valence-electron chi connectivity index (χ3n) is 4.89. The van der Waals surface area contributed by atoms with Crippen molar-refractivity contribution in [2.75, 3.05) is 38.2 Å². The molecular formula is C19H21N5O2. The SMILES string of the molecule is COc1cccc2c1cc(C(=O)N1CCN(c3ncccn3)CC1)n2C. The van der Waals surface area contributed by atoms with Crippen molar-refractivity contribution < 1.29 is 9.53 Å². The number of nitrogens with zero attached hydrogens (tertiary/aromatic N) is 5. The molecule has 1 aliphatic rings. The monoisotopic (exact) mass is 351 g/mol. The Morgan fingerprint density at radius 2 is 1.81 bits per heavy atom. The summed E-state index contributed by atoms with van der Waals surface area (Å²) in [7, 11) is 3.57. The van der Waals surface area contributed by atoms with Gasteiger partial charge in [0, 0.05) is 51.0 Å². The van der Waals surface area contributed by atoms with Crippen LogP contribution < -0.4 is 9.64 Å². The van der Waals surface area contributed by atoms with E-state index in [1.54, 1.807) is 25.6 Å². The van der Waals surface area contributed by atoms with Gasteiger partial charge >= 0.3 is 0 Å². The Labute approximate surface area is 151 Å². The number of methoxy groups -OCH3 is 1. The molecule has 0 atom stereocenters. The second kappa shape index (κ2) is 6.67. The Balaban J connectivity index is 1.54. The fraction of sp³-hybridized carbons (Fsp3) is 0.316. The Kier molecular flexibility index (Phi) is 4.20. The number of piperazine rings is 1. The van der Waals surface area contributed by atoms with E-state index in [1.807, 2.05) is 40.8 Å². The van der Waals surface area contributed by atoms with Gasteiger partial charge in [-0.1, -0.05) is 6.07 Å². The molecular weight excluding hydrogens is 330 g/mol. The van der Waals surface area contributed by atoms with Gasteiger partial charge in [-0.15, -0.1) is 0 Å². The van der Waals surface area contributed by atoms with E-state index in [-0.39, 0.29) is 5.91 Å². The number of fused-ring (bicyclic) bond motifs is 1. The molecule has 26 heavy (non-hydrogen) atoms. The molecule has 4 rings (SSSR count). The predicted molar refractivity (Wildman–Crippen MR) is 99.6 cm³/mol. The Bertz CT molecular complexity index is 930. The quantitative estimate of drug-likeness (QED) is 0.722. The number of amides is 1. The first kappa shape index (κ1) is 16.4. The van der Waals surface area contributed by atoms with Crippen molar-refractivity contribution in [1.82, 2.24) is 19.4 Å². The van der Waals surface area contributed by atoms with E-state index in [2.05, 4.69) is 14.9 Å². The molecule has 1 aliphatic heterocycles. The summed E-state index contributed by atoms with van der Waals surface area (Å²) in [6, 6.07) is 9.57. The third-order valence-corrected chi connectivity index (χ3v) is 4.89. The second-order valence-corrected chi connectivity index (χ2v) is 6.31. The first-order valence-electron chi connectivity index (χ1n) is 8.62. The number of ether oxygens (including phenoxy) is 1. The van der Waals surface area contributed by atoms with Crippen LogP contribution in [0.1, 0.15) is 10.5 Å². The lowest BCUT2D eigenvalue weighted by Crippen LogP contribution is -2.49. The number of hydrogen-bond acceptors (Lipinski definition) is 5. The molecule has 0 saturated carbocycles. The zero-order chi connectivity index (χ0) is 18.1. The van der Waals surface area contributed by atoms with Gasteiger partial charge in [-0.25, -0.2) is 9.97 Å². The molecule has 0 unspecified atom stereocenters. The van der Waals surface area contributed by atoms with Crippen molar-refractivity contribution >= 4 is 22.8 Å². The van der Waals surface area contributed by atoms with Gasteiger partial charge in [0.2, 0.25) is 5.95 Å². The van der Waals surface area contributed by atoms with Crippen LogP contribution in [0.25, 0.3) is 10.9 Å². The highest BCUT2D eigenvalue weighted by Gasteiger charge is 2.26. The molecule has 1 saturated heterocycles. The van der Waals surface area contributed by atoms with Crippen molar-refractivity contribution in [3.05, 3.63) is 48.4 Å². The summed E-state index contributed by atoms with van der Waals surface area (Å²) >= 11 is 0. The highest BCUT2D eigenvalue weighted by molar-refractivity contribution is 6.00. The topological polar surface area (TPSA) is 63.5 Å². The molecule has 3 heterocycles. The summed E-state index contributed by atoms with van der Waals surface area (Å²) in [5, 5.41) is 0.956. The van der Waals surface area contributed by atoms with Gasteiger partial charge in [0.25, 0.3) is 5.91 Å². The molecule has 134 valence electrons. The van der Waals surface area contributed by atoms with E-state index < -0.39 is 0 Å². The Hall–Kier alpha value is -3.09. The zero-order valence-electron chi connectivity index (χ0n) is 14.9. The van der Waals surface area contributed by atoms with E-state index in [0.29, 0.717) is 24.7 Å². The van der Waals surface area contributed by atoms with Crippen LogP contribution in [0.3, 0.4) is 0 Å². The fourth-order valence-corrected chi connectivity index (χ4v) is 3.44. The van der Waals surface area contributed by atoms with Crippen molar-refractivity contribution in [3.63, 3.8) is 0 Å². The Morgan fingerprint density at radius 1 is 1.08 bits per heavy atom. The summed E-state index contributed by atoms with van der Waals surface area (Å²) < 4.78 is 7.36. The lowest BCUT2D eigenvalue weighted by molar-refractivity contribution is 0.0737. The number of rotatable bonds is 3. The first-order valence-corrected chi connectivity index (χ1v) is 8.62. The standard InChI is InChI=1S/C19H21N5O2/c1-22-15-5-3-6-17(26-2)14(15)13-16(22)18(25)23-9-11-24(12-10-23)19-20-7-4-8-21-19/h3-8,13H,9-12H2,1-2H3. The molecule has 3 aromatic rings. The highest BCUT2D eigenvalue weighted by Crippen LogP contribution is 2.28. The van der Waals surface area contributed by atoms with Gasteiger partial charge in [-0.3, -0.25) is 4.79 Å². The van der Waals surface area contributed by atoms with Gasteiger partial charge in [-0.2, -0.15) is 0 Å². The maximum atomic E-state index is 13.0. The maximum absolute atomic E-state index is 13.0. The summed E-state index contributed by atoms with van der Waals surface area (Å²) in [6.07, 6.45) is 3.48. The minimum absolute atomic E-state index is 0.0411. The average Bonchev–Trinajstić information content (AvgIpc) is 3.05. The first-order chi connectivity index (χ1) is 12.7. The van der Waals surface area contributed by atoms with Crippen molar-refractivity contribution in [2.24, 2.45) is 7.05 Å². The minimum Gasteiger partial charge on any atom is -0.496 e. The van der Waals surface area contributed by atoms with Gasteiger partial charge < -0.3 is 19.1 Å². The molecule has 2 aromatic heterocycles. The third kappa shape index (κ3) is 2.75. The number of hydrogen-bond donors (Lipinski definition) is 0. The average molecular weight is 351 g/mol. The second-order valence-electron chi connectivity index (χ2n) is 6.31. The predicted octanol–water partition coefficient (Wildman–Crippen LogP) is 1.94. The van der Waals surface area contributed by atoms with Crippen LogP contribution in [0.15, 0.2) is 42.7 Å². The molecule has 0 radical (unpaired) electrons. The maximum Gasteiger partial charge on any atom is 0.270 e. The van der Waals surface area contributed by atoms with E-state index in [1.165, 1.54) is 0 Å². The minimum atomic E-state index is 0.0411. The number of aromatic nitrogens is 3. The molecule has 0 bridgehead atoms. The van der Waals surface area contributed by atoms with E-state index in [4.69, 9.17) is 4.74 Å². The summed E-state index contributed by atoms with van der Waals surface area (Å²) in [4.78, 5) is 25.6. The lowest BCUT2D eigenvalue weighted by atomic mass is 10.2. The number of carbonyl (C=O) groups is 1. The Morgan fingerprint density at radius 3 is 2.50 bits per heavy atom. The van der Waals surface area contributed by atoms with Crippen LogP contribution in [0.2, 0.25) is 0 Å². The molecule has 1 amide bonds. The zero-order valence-corrected chi connectivity index (χ0v) is 14.9.